The SMILES string of the molecule is O=Cc1cc(F)cc(OCc2nc3ccsc3c(=O)[nH]2)c1. The van der Waals surface area contributed by atoms with E-state index in [0.29, 0.717) is 22.3 Å². The van der Waals surface area contributed by atoms with Crippen molar-refractivity contribution in [3.05, 3.63) is 57.2 Å². The average Bonchev–Trinajstić information content (AvgIpc) is 2.93. The molecule has 0 bridgehead atoms. The minimum atomic E-state index is -0.565. The number of benzene rings is 1. The van der Waals surface area contributed by atoms with Crippen LogP contribution in [0.15, 0.2) is 34.4 Å². The van der Waals surface area contributed by atoms with Crippen molar-refractivity contribution in [3.8, 4) is 5.75 Å². The first kappa shape index (κ1) is 13.4. The highest BCUT2D eigenvalue weighted by atomic mass is 32.1. The van der Waals surface area contributed by atoms with Gasteiger partial charge in [-0.05, 0) is 23.6 Å². The summed E-state index contributed by atoms with van der Waals surface area (Å²) in [5.41, 5.74) is 0.538. The van der Waals surface area contributed by atoms with E-state index < -0.39 is 5.82 Å². The standard InChI is InChI=1S/C14H9FN2O3S/c15-9-3-8(6-18)4-10(5-9)20-7-12-16-11-1-2-21-13(11)14(19)17-12/h1-6H,7H2,(H,16,17,19). The number of thiophene rings is 1. The van der Waals surface area contributed by atoms with E-state index in [1.54, 1.807) is 11.4 Å². The third-order valence-corrected chi connectivity index (χ3v) is 3.67. The molecule has 0 radical (unpaired) electrons. The second-order valence-corrected chi connectivity index (χ2v) is 5.19. The largest absolute Gasteiger partial charge is 0.486 e. The van der Waals surface area contributed by atoms with E-state index in [9.17, 15) is 14.0 Å². The molecular formula is C14H9FN2O3S. The minimum absolute atomic E-state index is 0.0250. The molecule has 1 N–H and O–H groups in total. The monoisotopic (exact) mass is 304 g/mol. The topological polar surface area (TPSA) is 72.0 Å². The van der Waals surface area contributed by atoms with E-state index in [0.717, 1.165) is 12.1 Å². The van der Waals surface area contributed by atoms with Crippen molar-refractivity contribution in [2.24, 2.45) is 0 Å². The van der Waals surface area contributed by atoms with Crippen LogP contribution < -0.4 is 10.3 Å². The van der Waals surface area contributed by atoms with Crippen LogP contribution in [0.25, 0.3) is 10.2 Å². The number of nitrogens with zero attached hydrogens (tertiary/aromatic N) is 1. The highest BCUT2D eigenvalue weighted by Gasteiger charge is 2.07. The van der Waals surface area contributed by atoms with Crippen molar-refractivity contribution in [1.82, 2.24) is 9.97 Å². The molecule has 1 aromatic carbocycles. The second kappa shape index (κ2) is 5.45. The van der Waals surface area contributed by atoms with Crippen LogP contribution in [0, 0.1) is 5.82 Å². The summed E-state index contributed by atoms with van der Waals surface area (Å²) in [6.07, 6.45) is 0.535. The van der Waals surface area contributed by atoms with Crippen LogP contribution >= 0.6 is 11.3 Å². The number of ether oxygens (including phenoxy) is 1. The van der Waals surface area contributed by atoms with Gasteiger partial charge in [0.25, 0.3) is 5.56 Å². The Morgan fingerprint density at radius 1 is 1.38 bits per heavy atom. The lowest BCUT2D eigenvalue weighted by molar-refractivity contribution is 0.112. The summed E-state index contributed by atoms with van der Waals surface area (Å²) < 4.78 is 19.2. The Kier molecular flexibility index (Phi) is 3.49. The van der Waals surface area contributed by atoms with Crippen molar-refractivity contribution in [1.29, 1.82) is 0 Å². The number of carbonyl (C=O) groups is 1. The maximum atomic E-state index is 13.3. The molecule has 0 fully saturated rings. The number of hydrogen-bond acceptors (Lipinski definition) is 5. The molecule has 2 aromatic heterocycles. The lowest BCUT2D eigenvalue weighted by Crippen LogP contribution is -2.12. The second-order valence-electron chi connectivity index (χ2n) is 4.27. The third kappa shape index (κ3) is 2.82. The molecule has 0 aliphatic heterocycles. The fraction of sp³-hybridized carbons (Fsp3) is 0.0714. The predicted octanol–water partition coefficient (Wildman–Crippen LogP) is 2.52. The van der Waals surface area contributed by atoms with Gasteiger partial charge < -0.3 is 9.72 Å². The smallest absolute Gasteiger partial charge is 0.268 e. The van der Waals surface area contributed by atoms with Crippen LogP contribution in [0.4, 0.5) is 4.39 Å². The van der Waals surface area contributed by atoms with Crippen molar-refractivity contribution in [2.75, 3.05) is 0 Å². The molecule has 106 valence electrons. The number of rotatable bonds is 4. The zero-order valence-corrected chi connectivity index (χ0v) is 11.4. The van der Waals surface area contributed by atoms with E-state index >= 15 is 0 Å². The number of aromatic nitrogens is 2. The Hall–Kier alpha value is -2.54. The summed E-state index contributed by atoms with van der Waals surface area (Å²) in [6.45, 7) is -0.0250. The lowest BCUT2D eigenvalue weighted by Gasteiger charge is -2.06. The Balaban J connectivity index is 1.84. The first-order valence-corrected chi connectivity index (χ1v) is 6.88. The average molecular weight is 304 g/mol. The van der Waals surface area contributed by atoms with E-state index in [4.69, 9.17) is 4.74 Å². The molecule has 7 heteroatoms. The Bertz CT molecular complexity index is 872. The third-order valence-electron chi connectivity index (χ3n) is 2.77. The summed E-state index contributed by atoms with van der Waals surface area (Å²) >= 11 is 1.31. The van der Waals surface area contributed by atoms with Gasteiger partial charge in [-0.25, -0.2) is 9.37 Å². The van der Waals surface area contributed by atoms with Crippen LogP contribution in [0.5, 0.6) is 5.75 Å². The van der Waals surface area contributed by atoms with Crippen LogP contribution in [0.2, 0.25) is 0 Å². The lowest BCUT2D eigenvalue weighted by atomic mass is 10.2. The fourth-order valence-electron chi connectivity index (χ4n) is 1.88. The van der Waals surface area contributed by atoms with Gasteiger partial charge in [0.05, 0.1) is 5.52 Å². The molecule has 0 unspecified atom stereocenters. The summed E-state index contributed by atoms with van der Waals surface area (Å²) in [5.74, 6) is -0.0303. The molecule has 0 saturated heterocycles. The minimum Gasteiger partial charge on any atom is -0.486 e. The molecule has 0 saturated carbocycles. The highest BCUT2D eigenvalue weighted by Crippen LogP contribution is 2.17. The molecule has 2 heterocycles. The molecule has 3 aromatic rings. The first-order valence-electron chi connectivity index (χ1n) is 6.00. The van der Waals surface area contributed by atoms with Crippen molar-refractivity contribution >= 4 is 27.8 Å². The maximum Gasteiger partial charge on any atom is 0.268 e. The number of aromatic amines is 1. The number of halogens is 1. The van der Waals surface area contributed by atoms with Crippen LogP contribution in [-0.4, -0.2) is 16.3 Å². The number of hydrogen-bond donors (Lipinski definition) is 1. The van der Waals surface area contributed by atoms with E-state index in [1.165, 1.54) is 17.4 Å². The number of aldehydes is 1. The number of fused-ring (bicyclic) bond motifs is 1. The zero-order chi connectivity index (χ0) is 14.8. The molecule has 0 aliphatic carbocycles. The Morgan fingerprint density at radius 3 is 3.05 bits per heavy atom. The summed E-state index contributed by atoms with van der Waals surface area (Å²) in [4.78, 5) is 29.3. The van der Waals surface area contributed by atoms with Gasteiger partial charge >= 0.3 is 0 Å². The number of nitrogens with one attached hydrogen (secondary N) is 1. The predicted molar refractivity (Wildman–Crippen MR) is 76.4 cm³/mol. The molecule has 21 heavy (non-hydrogen) atoms. The Morgan fingerprint density at radius 2 is 2.24 bits per heavy atom. The molecule has 0 spiro atoms. The normalized spacial score (nSPS) is 10.7. The molecule has 5 nitrogen and oxygen atoms in total. The molecule has 0 atom stereocenters. The van der Waals surface area contributed by atoms with Crippen molar-refractivity contribution in [3.63, 3.8) is 0 Å². The van der Waals surface area contributed by atoms with E-state index in [-0.39, 0.29) is 23.5 Å². The van der Waals surface area contributed by atoms with Crippen LogP contribution in [-0.2, 0) is 6.61 Å². The van der Waals surface area contributed by atoms with Gasteiger partial charge in [0.1, 0.15) is 35.0 Å². The summed E-state index contributed by atoms with van der Waals surface area (Å²) in [6, 6.07) is 5.42. The van der Waals surface area contributed by atoms with E-state index in [1.807, 2.05) is 0 Å². The number of H-pyrrole nitrogens is 1. The molecule has 3 rings (SSSR count). The Labute approximate surface area is 122 Å². The summed E-state index contributed by atoms with van der Waals surface area (Å²) in [5, 5.41) is 1.78. The zero-order valence-electron chi connectivity index (χ0n) is 10.6. The van der Waals surface area contributed by atoms with Crippen molar-refractivity contribution < 1.29 is 13.9 Å². The number of carbonyl (C=O) groups excluding carboxylic acids is 1. The van der Waals surface area contributed by atoms with Crippen molar-refractivity contribution in [2.45, 2.75) is 6.61 Å². The molecule has 0 aliphatic rings. The van der Waals surface area contributed by atoms with Gasteiger partial charge in [-0.3, -0.25) is 9.59 Å². The maximum absolute atomic E-state index is 13.3. The van der Waals surface area contributed by atoms with Gasteiger partial charge in [-0.1, -0.05) is 0 Å². The highest BCUT2D eigenvalue weighted by molar-refractivity contribution is 7.17. The molecular weight excluding hydrogens is 295 g/mol. The van der Waals surface area contributed by atoms with Gasteiger partial charge in [-0.2, -0.15) is 0 Å². The summed E-state index contributed by atoms with van der Waals surface area (Å²) in [7, 11) is 0. The van der Waals surface area contributed by atoms with Gasteiger partial charge in [0.2, 0.25) is 0 Å². The van der Waals surface area contributed by atoms with Crippen LogP contribution in [0.3, 0.4) is 0 Å². The first-order chi connectivity index (χ1) is 10.2. The van der Waals surface area contributed by atoms with Gasteiger partial charge in [0, 0.05) is 11.6 Å². The van der Waals surface area contributed by atoms with Crippen LogP contribution in [0.1, 0.15) is 16.2 Å². The van der Waals surface area contributed by atoms with Gasteiger partial charge in [-0.15, -0.1) is 11.3 Å². The fourth-order valence-corrected chi connectivity index (χ4v) is 2.60. The quantitative estimate of drug-likeness (QED) is 0.752. The van der Waals surface area contributed by atoms with E-state index in [2.05, 4.69) is 9.97 Å². The van der Waals surface area contributed by atoms with Gasteiger partial charge in [0.15, 0.2) is 0 Å². The molecule has 0 amide bonds.